The van der Waals surface area contributed by atoms with Crippen LogP contribution in [0.1, 0.15) is 41.3 Å². The van der Waals surface area contributed by atoms with E-state index in [0.29, 0.717) is 22.5 Å². The minimum absolute atomic E-state index is 0.0835. The molecule has 29 heavy (non-hydrogen) atoms. The van der Waals surface area contributed by atoms with Crippen LogP contribution in [-0.4, -0.2) is 5.97 Å². The molecule has 0 saturated heterocycles. The van der Waals surface area contributed by atoms with Gasteiger partial charge in [-0.15, -0.1) is 0 Å². The Hall–Kier alpha value is -3.60. The van der Waals surface area contributed by atoms with Crippen molar-refractivity contribution in [2.24, 2.45) is 0 Å². The van der Waals surface area contributed by atoms with Crippen molar-refractivity contribution in [1.29, 1.82) is 0 Å². The number of furan rings is 1. The zero-order valence-electron chi connectivity index (χ0n) is 16.4. The number of fused-ring (bicyclic) bond motifs is 1. The van der Waals surface area contributed by atoms with E-state index < -0.39 is 11.6 Å². The molecule has 0 radical (unpaired) electrons. The average Bonchev–Trinajstić information content (AvgIpc) is 3.15. The molecule has 0 saturated carbocycles. The Kier molecular flexibility index (Phi) is 4.80. The number of ether oxygens (including phenoxy) is 1. The van der Waals surface area contributed by atoms with E-state index in [4.69, 9.17) is 13.6 Å². The maximum absolute atomic E-state index is 12.7. The summed E-state index contributed by atoms with van der Waals surface area (Å²) in [6, 6.07) is 18.0. The molecule has 146 valence electrons. The summed E-state index contributed by atoms with van der Waals surface area (Å²) in [6.07, 6.45) is 0. The Bertz CT molecular complexity index is 1210. The fourth-order valence-corrected chi connectivity index (χ4v) is 3.28. The normalized spacial score (nSPS) is 11.2. The summed E-state index contributed by atoms with van der Waals surface area (Å²) >= 11 is 0. The van der Waals surface area contributed by atoms with Gasteiger partial charge in [0.15, 0.2) is 11.5 Å². The van der Waals surface area contributed by atoms with Crippen molar-refractivity contribution in [3.05, 3.63) is 87.8 Å². The van der Waals surface area contributed by atoms with Crippen LogP contribution in [-0.2, 0) is 0 Å². The number of hydrogen-bond acceptors (Lipinski definition) is 5. The molecular formula is C24H20O5. The quantitative estimate of drug-likeness (QED) is 0.419. The third kappa shape index (κ3) is 3.47. The molecule has 0 spiro atoms. The highest BCUT2D eigenvalue weighted by atomic mass is 16.5. The molecule has 0 unspecified atom stereocenters. The van der Waals surface area contributed by atoms with Crippen molar-refractivity contribution in [3.63, 3.8) is 0 Å². The van der Waals surface area contributed by atoms with Gasteiger partial charge in [0.1, 0.15) is 11.3 Å². The first kappa shape index (κ1) is 18.7. The third-order valence-electron chi connectivity index (χ3n) is 4.76. The van der Waals surface area contributed by atoms with E-state index in [9.17, 15) is 9.59 Å². The topological polar surface area (TPSA) is 69.7 Å². The first-order valence-electron chi connectivity index (χ1n) is 9.39. The second kappa shape index (κ2) is 7.43. The van der Waals surface area contributed by atoms with Crippen LogP contribution in [0.25, 0.3) is 22.5 Å². The molecule has 0 fully saturated rings. The standard InChI is InChI=1S/C24H20O5/c1-14(2)20-21(28-24(26)16-9-5-4-6-10-16)15(3)23(25)29-22(20)19-13-17-11-7-8-12-18(17)27-19/h4-14H,1-3H3. The zero-order valence-corrected chi connectivity index (χ0v) is 16.4. The van der Waals surface area contributed by atoms with Crippen LogP contribution in [0.4, 0.5) is 0 Å². The monoisotopic (exact) mass is 388 g/mol. The Labute approximate surface area is 167 Å². The van der Waals surface area contributed by atoms with Gasteiger partial charge in [-0.25, -0.2) is 9.59 Å². The van der Waals surface area contributed by atoms with Gasteiger partial charge in [-0.2, -0.15) is 0 Å². The predicted molar refractivity (Wildman–Crippen MR) is 110 cm³/mol. The summed E-state index contributed by atoms with van der Waals surface area (Å²) in [7, 11) is 0. The average molecular weight is 388 g/mol. The van der Waals surface area contributed by atoms with Crippen LogP contribution in [0.5, 0.6) is 5.75 Å². The van der Waals surface area contributed by atoms with Gasteiger partial charge in [0.05, 0.1) is 11.1 Å². The number of rotatable bonds is 4. The molecule has 2 aromatic carbocycles. The number of carbonyl (C=O) groups is 1. The summed E-state index contributed by atoms with van der Waals surface area (Å²) in [6.45, 7) is 5.48. The molecule has 0 atom stereocenters. The van der Waals surface area contributed by atoms with Crippen molar-refractivity contribution in [3.8, 4) is 17.3 Å². The Morgan fingerprint density at radius 2 is 1.66 bits per heavy atom. The van der Waals surface area contributed by atoms with Gasteiger partial charge in [0.2, 0.25) is 0 Å². The van der Waals surface area contributed by atoms with Gasteiger partial charge in [-0.1, -0.05) is 50.2 Å². The smallest absolute Gasteiger partial charge is 0.343 e. The lowest BCUT2D eigenvalue weighted by atomic mass is 9.98. The lowest BCUT2D eigenvalue weighted by Gasteiger charge is -2.17. The molecule has 0 aliphatic heterocycles. The first-order valence-corrected chi connectivity index (χ1v) is 9.39. The lowest BCUT2D eigenvalue weighted by Crippen LogP contribution is -2.16. The summed E-state index contributed by atoms with van der Waals surface area (Å²) in [4.78, 5) is 25.2. The third-order valence-corrected chi connectivity index (χ3v) is 4.76. The van der Waals surface area contributed by atoms with Crippen molar-refractivity contribution in [2.45, 2.75) is 26.7 Å². The number of hydrogen-bond donors (Lipinski definition) is 0. The highest BCUT2D eigenvalue weighted by Crippen LogP contribution is 2.39. The van der Waals surface area contributed by atoms with Crippen LogP contribution in [0.15, 0.2) is 74.3 Å². The fraction of sp³-hybridized carbons (Fsp3) is 0.167. The largest absolute Gasteiger partial charge is 0.453 e. The molecule has 5 heteroatoms. The fourth-order valence-electron chi connectivity index (χ4n) is 3.28. The van der Waals surface area contributed by atoms with Crippen LogP contribution >= 0.6 is 0 Å². The van der Waals surface area contributed by atoms with Crippen LogP contribution in [0.3, 0.4) is 0 Å². The SMILES string of the molecule is Cc1c(OC(=O)c2ccccc2)c(C(C)C)c(-c2cc3ccccc3o2)oc1=O. The van der Waals surface area contributed by atoms with Gasteiger partial charge in [-0.3, -0.25) is 0 Å². The molecule has 5 nitrogen and oxygen atoms in total. The van der Waals surface area contributed by atoms with Gasteiger partial charge in [0, 0.05) is 10.9 Å². The minimum atomic E-state index is -0.569. The minimum Gasteiger partial charge on any atom is -0.453 e. The number of carbonyl (C=O) groups excluding carboxylic acids is 1. The molecule has 4 rings (SSSR count). The van der Waals surface area contributed by atoms with Gasteiger partial charge in [0.25, 0.3) is 0 Å². The number of para-hydroxylation sites is 1. The molecule has 2 heterocycles. The molecular weight excluding hydrogens is 368 g/mol. The second-order valence-electron chi connectivity index (χ2n) is 7.15. The number of benzene rings is 2. The maximum atomic E-state index is 12.7. The second-order valence-corrected chi connectivity index (χ2v) is 7.15. The van der Waals surface area contributed by atoms with E-state index in [1.165, 1.54) is 0 Å². The van der Waals surface area contributed by atoms with E-state index in [0.717, 1.165) is 5.39 Å². The highest BCUT2D eigenvalue weighted by molar-refractivity contribution is 5.91. The zero-order chi connectivity index (χ0) is 20.5. The van der Waals surface area contributed by atoms with Crippen molar-refractivity contribution in [2.75, 3.05) is 0 Å². The Balaban J connectivity index is 1.89. The van der Waals surface area contributed by atoms with E-state index in [1.54, 1.807) is 31.2 Å². The van der Waals surface area contributed by atoms with E-state index in [2.05, 4.69) is 0 Å². The molecule has 0 aliphatic carbocycles. The Morgan fingerprint density at radius 3 is 2.34 bits per heavy atom. The van der Waals surface area contributed by atoms with Crippen molar-refractivity contribution < 1.29 is 18.4 Å². The molecule has 4 aromatic rings. The molecule has 0 N–H and O–H groups in total. The van der Waals surface area contributed by atoms with E-state index >= 15 is 0 Å². The molecule has 0 bridgehead atoms. The highest BCUT2D eigenvalue weighted by Gasteiger charge is 2.26. The van der Waals surface area contributed by atoms with E-state index in [1.807, 2.05) is 50.2 Å². The van der Waals surface area contributed by atoms with Crippen molar-refractivity contribution >= 4 is 16.9 Å². The molecule has 0 amide bonds. The van der Waals surface area contributed by atoms with Crippen LogP contribution < -0.4 is 10.4 Å². The first-order chi connectivity index (χ1) is 14.0. The summed E-state index contributed by atoms with van der Waals surface area (Å²) in [5.41, 5.74) is 1.38. The number of esters is 1. The summed E-state index contributed by atoms with van der Waals surface area (Å²) < 4.78 is 17.2. The van der Waals surface area contributed by atoms with Crippen molar-refractivity contribution in [1.82, 2.24) is 0 Å². The van der Waals surface area contributed by atoms with Gasteiger partial charge < -0.3 is 13.6 Å². The molecule has 0 aliphatic rings. The maximum Gasteiger partial charge on any atom is 0.343 e. The predicted octanol–water partition coefficient (Wildman–Crippen LogP) is 5.70. The van der Waals surface area contributed by atoms with Crippen LogP contribution in [0, 0.1) is 6.92 Å². The Morgan fingerprint density at radius 1 is 0.966 bits per heavy atom. The van der Waals surface area contributed by atoms with Gasteiger partial charge >= 0.3 is 11.6 Å². The van der Waals surface area contributed by atoms with Gasteiger partial charge in [-0.05, 0) is 37.1 Å². The van der Waals surface area contributed by atoms with E-state index in [-0.39, 0.29) is 23.0 Å². The summed E-state index contributed by atoms with van der Waals surface area (Å²) in [5, 5.41) is 0.892. The molecule has 2 aromatic heterocycles. The van der Waals surface area contributed by atoms with Crippen LogP contribution in [0.2, 0.25) is 0 Å². The lowest BCUT2D eigenvalue weighted by molar-refractivity contribution is 0.0730. The summed E-state index contributed by atoms with van der Waals surface area (Å²) in [5.74, 6) is 0.309.